The van der Waals surface area contributed by atoms with E-state index in [1.54, 1.807) is 4.90 Å². The first-order valence-corrected chi connectivity index (χ1v) is 12.9. The Hall–Kier alpha value is -3.59. The Labute approximate surface area is 224 Å². The molecular weight excluding hydrogens is 511 g/mol. The zero-order chi connectivity index (χ0) is 26.2. The molecule has 0 radical (unpaired) electrons. The van der Waals surface area contributed by atoms with Crippen molar-refractivity contribution >= 4 is 28.6 Å². The van der Waals surface area contributed by atoms with Gasteiger partial charge in [-0.25, -0.2) is 9.18 Å². The van der Waals surface area contributed by atoms with Gasteiger partial charge in [-0.2, -0.15) is 0 Å². The fourth-order valence-electron chi connectivity index (χ4n) is 5.16. The van der Waals surface area contributed by atoms with Crippen LogP contribution in [0.1, 0.15) is 28.4 Å². The summed E-state index contributed by atoms with van der Waals surface area (Å²) in [5.41, 5.74) is 4.90. The first-order valence-electron chi connectivity index (χ1n) is 12.5. The molecule has 4 aromatic rings. The van der Waals surface area contributed by atoms with Crippen LogP contribution in [0, 0.1) is 12.7 Å². The van der Waals surface area contributed by atoms with Crippen LogP contribution in [0.25, 0.3) is 10.9 Å². The molecule has 3 aromatic carbocycles. The molecule has 3 heterocycles. The van der Waals surface area contributed by atoms with Crippen molar-refractivity contribution in [2.75, 3.05) is 26.4 Å². The summed E-state index contributed by atoms with van der Waals surface area (Å²) < 4.78 is 35.7. The summed E-state index contributed by atoms with van der Waals surface area (Å²) in [6.45, 7) is 3.87. The minimum Gasteiger partial charge on any atom is -0.488 e. The normalized spacial score (nSPS) is 17.6. The monoisotopic (exact) mass is 536 g/mol. The number of hydrogen-bond donors (Lipinski definition) is 1. The van der Waals surface area contributed by atoms with E-state index in [2.05, 4.69) is 4.98 Å². The van der Waals surface area contributed by atoms with Gasteiger partial charge in [0.2, 0.25) is 0 Å². The molecule has 38 heavy (non-hydrogen) atoms. The van der Waals surface area contributed by atoms with Crippen LogP contribution in [0.3, 0.4) is 0 Å². The van der Waals surface area contributed by atoms with Gasteiger partial charge in [0.15, 0.2) is 6.29 Å². The maximum atomic E-state index is 13.4. The number of aromatic amines is 1. The number of aryl methyl sites for hydroxylation is 1. The summed E-state index contributed by atoms with van der Waals surface area (Å²) in [5, 5.41) is 1.78. The minimum atomic E-state index is -0.517. The second-order valence-electron chi connectivity index (χ2n) is 9.33. The number of nitrogens with zero attached hydrogens (tertiary/aromatic N) is 1. The number of carbonyl (C=O) groups is 1. The standard InChI is InChI=1S/C29H26ClFN2O5/c1-17-23(30)10-11-24-26(17)22-12-13-33(29(34)38-21-8-4-19(31)5-9-21)28(27(22)32-24)18-2-6-20(7-3-18)37-16-25-35-14-15-36-25/h2-11,25,28,32H,12-16H2,1H3. The molecule has 1 atom stereocenters. The summed E-state index contributed by atoms with van der Waals surface area (Å²) >= 11 is 6.46. The number of halogens is 2. The SMILES string of the molecule is Cc1c(Cl)ccc2[nH]c3c(c12)CCN(C(=O)Oc1ccc(F)cc1)C3c1ccc(OCC2OCCO2)cc1. The Balaban J connectivity index is 1.34. The van der Waals surface area contributed by atoms with Crippen molar-refractivity contribution < 1.29 is 28.1 Å². The predicted octanol–water partition coefficient (Wildman–Crippen LogP) is 6.17. The molecule has 2 aliphatic rings. The third-order valence-electron chi connectivity index (χ3n) is 7.01. The average molecular weight is 537 g/mol. The molecule has 1 saturated heterocycles. The van der Waals surface area contributed by atoms with Crippen LogP contribution in [0.5, 0.6) is 11.5 Å². The summed E-state index contributed by atoms with van der Waals surface area (Å²) in [7, 11) is 0. The maximum absolute atomic E-state index is 13.4. The predicted molar refractivity (Wildman–Crippen MR) is 140 cm³/mol. The highest BCUT2D eigenvalue weighted by atomic mass is 35.5. The molecule has 0 spiro atoms. The highest BCUT2D eigenvalue weighted by molar-refractivity contribution is 6.32. The molecule has 9 heteroatoms. The summed E-state index contributed by atoms with van der Waals surface area (Å²) in [4.78, 5) is 18.7. The third kappa shape index (κ3) is 4.71. The summed E-state index contributed by atoms with van der Waals surface area (Å²) in [5.74, 6) is 0.551. The molecule has 1 unspecified atom stereocenters. The number of amides is 1. The number of fused-ring (bicyclic) bond motifs is 3. The van der Waals surface area contributed by atoms with Crippen LogP contribution in [-0.4, -0.2) is 48.6 Å². The Bertz CT molecular complexity index is 1470. The van der Waals surface area contributed by atoms with Crippen molar-refractivity contribution in [2.45, 2.75) is 25.7 Å². The molecule has 196 valence electrons. The topological polar surface area (TPSA) is 73.0 Å². The van der Waals surface area contributed by atoms with Crippen LogP contribution < -0.4 is 9.47 Å². The number of carbonyl (C=O) groups excluding carboxylic acids is 1. The zero-order valence-electron chi connectivity index (χ0n) is 20.7. The molecule has 1 amide bonds. The van der Waals surface area contributed by atoms with Crippen LogP contribution in [-0.2, 0) is 15.9 Å². The average Bonchev–Trinajstić information content (AvgIpc) is 3.59. The maximum Gasteiger partial charge on any atom is 0.416 e. The summed E-state index contributed by atoms with van der Waals surface area (Å²) in [6, 6.07) is 16.4. The Kier molecular flexibility index (Phi) is 6.69. The molecule has 2 aliphatic heterocycles. The largest absolute Gasteiger partial charge is 0.488 e. The second kappa shape index (κ2) is 10.3. The van der Waals surface area contributed by atoms with E-state index in [4.69, 9.17) is 30.5 Å². The van der Waals surface area contributed by atoms with Crippen molar-refractivity contribution in [3.05, 3.63) is 93.9 Å². The number of aromatic nitrogens is 1. The quantitative estimate of drug-likeness (QED) is 0.330. The van der Waals surface area contributed by atoms with Crippen LogP contribution in [0.2, 0.25) is 5.02 Å². The second-order valence-corrected chi connectivity index (χ2v) is 9.74. The highest BCUT2D eigenvalue weighted by Gasteiger charge is 2.36. The molecule has 1 fully saturated rings. The van der Waals surface area contributed by atoms with Crippen LogP contribution >= 0.6 is 11.6 Å². The van der Waals surface area contributed by atoms with E-state index >= 15 is 0 Å². The van der Waals surface area contributed by atoms with Gasteiger partial charge in [-0.3, -0.25) is 4.90 Å². The zero-order valence-corrected chi connectivity index (χ0v) is 21.5. The molecule has 1 aromatic heterocycles. The molecule has 0 aliphatic carbocycles. The molecule has 0 saturated carbocycles. The van der Waals surface area contributed by atoms with Crippen molar-refractivity contribution in [1.82, 2.24) is 9.88 Å². The smallest absolute Gasteiger partial charge is 0.416 e. The number of ether oxygens (including phenoxy) is 4. The van der Waals surface area contributed by atoms with E-state index in [1.807, 2.05) is 43.3 Å². The van der Waals surface area contributed by atoms with Gasteiger partial charge in [0, 0.05) is 28.2 Å². The Morgan fingerprint density at radius 1 is 1.05 bits per heavy atom. The summed E-state index contributed by atoms with van der Waals surface area (Å²) in [6.07, 6.45) is -0.251. The van der Waals surface area contributed by atoms with Gasteiger partial charge in [0.25, 0.3) is 0 Å². The number of rotatable bonds is 5. The van der Waals surface area contributed by atoms with E-state index in [0.717, 1.165) is 33.3 Å². The van der Waals surface area contributed by atoms with Crippen molar-refractivity contribution in [1.29, 1.82) is 0 Å². The van der Waals surface area contributed by atoms with Gasteiger partial charge in [-0.1, -0.05) is 23.7 Å². The minimum absolute atomic E-state index is 0.278. The van der Waals surface area contributed by atoms with Crippen molar-refractivity contribution in [3.8, 4) is 11.5 Å². The van der Waals surface area contributed by atoms with Gasteiger partial charge in [-0.05, 0) is 78.6 Å². The van der Waals surface area contributed by atoms with Gasteiger partial charge in [-0.15, -0.1) is 0 Å². The Morgan fingerprint density at radius 2 is 1.76 bits per heavy atom. The highest BCUT2D eigenvalue weighted by Crippen LogP contribution is 2.41. The number of benzene rings is 3. The molecular formula is C29H26ClFN2O5. The molecule has 0 bridgehead atoms. The lowest BCUT2D eigenvalue weighted by Gasteiger charge is -2.35. The van der Waals surface area contributed by atoms with E-state index < -0.39 is 18.0 Å². The lowest BCUT2D eigenvalue weighted by molar-refractivity contribution is -0.0684. The number of hydrogen-bond acceptors (Lipinski definition) is 5. The fourth-order valence-corrected chi connectivity index (χ4v) is 5.32. The van der Waals surface area contributed by atoms with Gasteiger partial charge in [0.05, 0.1) is 13.2 Å². The third-order valence-corrected chi connectivity index (χ3v) is 7.42. The lowest BCUT2D eigenvalue weighted by atomic mass is 9.91. The number of nitrogens with one attached hydrogen (secondary N) is 1. The van der Waals surface area contributed by atoms with Crippen LogP contribution in [0.15, 0.2) is 60.7 Å². The van der Waals surface area contributed by atoms with E-state index in [-0.39, 0.29) is 12.0 Å². The number of H-pyrrole nitrogens is 1. The van der Waals surface area contributed by atoms with Crippen molar-refractivity contribution in [3.63, 3.8) is 0 Å². The lowest BCUT2D eigenvalue weighted by Crippen LogP contribution is -2.42. The van der Waals surface area contributed by atoms with Gasteiger partial charge in [0.1, 0.15) is 30.0 Å². The first kappa shape index (κ1) is 24.7. The van der Waals surface area contributed by atoms with E-state index in [9.17, 15) is 9.18 Å². The van der Waals surface area contributed by atoms with E-state index in [1.165, 1.54) is 24.3 Å². The van der Waals surface area contributed by atoms with Gasteiger partial charge >= 0.3 is 6.09 Å². The molecule has 1 N–H and O–H groups in total. The van der Waals surface area contributed by atoms with Crippen LogP contribution in [0.4, 0.5) is 9.18 Å². The van der Waals surface area contributed by atoms with Crippen molar-refractivity contribution in [2.24, 2.45) is 0 Å². The molecule has 7 nitrogen and oxygen atoms in total. The fraction of sp³-hybridized carbons (Fsp3) is 0.276. The Morgan fingerprint density at radius 3 is 2.50 bits per heavy atom. The van der Waals surface area contributed by atoms with E-state index in [0.29, 0.717) is 43.6 Å². The van der Waals surface area contributed by atoms with Gasteiger partial charge < -0.3 is 23.9 Å². The molecule has 6 rings (SSSR count). The first-order chi connectivity index (χ1) is 18.5.